The van der Waals surface area contributed by atoms with Crippen LogP contribution in [0.15, 0.2) is 0 Å². The summed E-state index contributed by atoms with van der Waals surface area (Å²) >= 11 is 0. The quantitative estimate of drug-likeness (QED) is 0.536. The number of hydrogen-bond donors (Lipinski definition) is 2. The summed E-state index contributed by atoms with van der Waals surface area (Å²) in [4.78, 5) is 8.29. The first-order valence-electron chi connectivity index (χ1n) is 5.41. The number of rotatable bonds is 6. The fourth-order valence-corrected chi connectivity index (χ4v) is 1.51. The fraction of sp³-hybridized carbons (Fsp3) is 1.00. The highest BCUT2D eigenvalue weighted by Gasteiger charge is 2.06. The molecule has 2 N–H and O–H groups in total. The van der Waals surface area contributed by atoms with Crippen LogP contribution in [0.1, 0.15) is 79.2 Å². The highest BCUT2D eigenvalue weighted by molar-refractivity contribution is 7.31. The van der Waals surface area contributed by atoms with Crippen LogP contribution in [0, 0.1) is 5.92 Å². The van der Waals surface area contributed by atoms with Gasteiger partial charge in [0.15, 0.2) is 9.03 Å². The number of aliphatic hydroxyl groups is 1. The van der Waals surface area contributed by atoms with Gasteiger partial charge in [-0.25, -0.2) is 0 Å². The molecule has 0 spiro atoms. The molecular formula is C16H50O4P2. The van der Waals surface area contributed by atoms with Gasteiger partial charge in [-0.2, -0.15) is 0 Å². The molecule has 0 aromatic heterocycles. The molecule has 5 unspecified atom stereocenters. The smallest absolute Gasteiger partial charge is 0.152 e. The van der Waals surface area contributed by atoms with Crippen molar-refractivity contribution in [1.82, 2.24) is 0 Å². The third-order valence-electron chi connectivity index (χ3n) is 2.16. The SMILES string of the molecule is C.C.C.C.C.C.CC(C)C(C)OPO.CPOC(C)C(C)O. The van der Waals surface area contributed by atoms with Gasteiger partial charge in [0.05, 0.1) is 18.3 Å². The molecule has 0 aromatic rings. The predicted molar refractivity (Wildman–Crippen MR) is 113 cm³/mol. The lowest BCUT2D eigenvalue weighted by Crippen LogP contribution is -2.19. The minimum Gasteiger partial charge on any atom is -0.391 e. The molecule has 6 heteroatoms. The van der Waals surface area contributed by atoms with Crippen molar-refractivity contribution in [3.05, 3.63) is 0 Å². The average molecular weight is 369 g/mol. The Bertz CT molecular complexity index is 132. The molecule has 148 valence electrons. The van der Waals surface area contributed by atoms with Gasteiger partial charge in [0.2, 0.25) is 0 Å². The van der Waals surface area contributed by atoms with E-state index in [1.54, 1.807) is 6.92 Å². The van der Waals surface area contributed by atoms with Crippen molar-refractivity contribution < 1.29 is 19.0 Å². The van der Waals surface area contributed by atoms with Crippen LogP contribution in [0.25, 0.3) is 0 Å². The third kappa shape index (κ3) is 37.2. The Labute approximate surface area is 147 Å². The minimum absolute atomic E-state index is 0. The summed E-state index contributed by atoms with van der Waals surface area (Å²) in [6.45, 7) is 11.6. The molecular weight excluding hydrogens is 318 g/mol. The van der Waals surface area contributed by atoms with Gasteiger partial charge in [0, 0.05) is 8.81 Å². The zero-order chi connectivity index (χ0) is 13.1. The Morgan fingerprint density at radius 3 is 1.18 bits per heavy atom. The number of hydrogen-bond acceptors (Lipinski definition) is 4. The van der Waals surface area contributed by atoms with E-state index in [9.17, 15) is 0 Å². The molecule has 0 aromatic carbocycles. The largest absolute Gasteiger partial charge is 0.391 e. The Morgan fingerprint density at radius 2 is 1.09 bits per heavy atom. The average Bonchev–Trinajstić information content (AvgIpc) is 2.19. The molecule has 0 amide bonds. The van der Waals surface area contributed by atoms with Crippen LogP contribution in [-0.4, -0.2) is 35.0 Å². The molecule has 4 nitrogen and oxygen atoms in total. The maximum Gasteiger partial charge on any atom is 0.152 e. The van der Waals surface area contributed by atoms with E-state index in [4.69, 9.17) is 19.0 Å². The predicted octanol–water partition coefficient (Wildman–Crippen LogP) is 6.36. The van der Waals surface area contributed by atoms with Crippen LogP contribution in [0.3, 0.4) is 0 Å². The molecule has 22 heavy (non-hydrogen) atoms. The summed E-state index contributed by atoms with van der Waals surface area (Å²) in [5.41, 5.74) is 0. The van der Waals surface area contributed by atoms with Crippen molar-refractivity contribution in [2.75, 3.05) is 6.66 Å². The summed E-state index contributed by atoms with van der Waals surface area (Å²) < 4.78 is 9.97. The topological polar surface area (TPSA) is 58.9 Å². The summed E-state index contributed by atoms with van der Waals surface area (Å²) in [5, 5.41) is 8.83. The van der Waals surface area contributed by atoms with E-state index in [0.29, 0.717) is 14.7 Å². The summed E-state index contributed by atoms with van der Waals surface area (Å²) in [5.74, 6) is 0.495. The molecule has 0 aliphatic carbocycles. The standard InChI is InChI=1S/2C5H13O2P.6CH4/c1-4(6)5(2)7-8-3;1-4(2)5(3)7-8-6;;;;;;/h2*4-6,8H,1-3H3;6*1H4. The first-order chi connectivity index (χ1) is 7.36. The molecule has 0 fully saturated rings. The van der Waals surface area contributed by atoms with Gasteiger partial charge in [-0.3, -0.25) is 0 Å². The molecule has 5 atom stereocenters. The highest BCUT2D eigenvalue weighted by atomic mass is 31.1. The highest BCUT2D eigenvalue weighted by Crippen LogP contribution is 2.14. The maximum atomic E-state index is 8.83. The van der Waals surface area contributed by atoms with E-state index >= 15 is 0 Å². The second-order valence-corrected chi connectivity index (χ2v) is 4.99. The normalized spacial score (nSPS) is 13.0. The van der Waals surface area contributed by atoms with Crippen LogP contribution in [0.5, 0.6) is 0 Å². The van der Waals surface area contributed by atoms with Crippen molar-refractivity contribution in [3.63, 3.8) is 0 Å². The second-order valence-electron chi connectivity index (χ2n) is 3.93. The van der Waals surface area contributed by atoms with Crippen molar-refractivity contribution >= 4 is 17.8 Å². The zero-order valence-electron chi connectivity index (χ0n) is 11.0. The minimum atomic E-state index is -0.369. The van der Waals surface area contributed by atoms with E-state index < -0.39 is 0 Å². The van der Waals surface area contributed by atoms with Gasteiger partial charge in [-0.05, 0) is 33.4 Å². The first kappa shape index (κ1) is 49.5. The molecule has 0 saturated heterocycles. The maximum absolute atomic E-state index is 8.83. The molecule has 0 heterocycles. The van der Waals surface area contributed by atoms with Crippen LogP contribution in [0.2, 0.25) is 0 Å². The van der Waals surface area contributed by atoms with Crippen LogP contribution < -0.4 is 0 Å². The van der Waals surface area contributed by atoms with E-state index in [1.165, 1.54) is 0 Å². The van der Waals surface area contributed by atoms with E-state index in [2.05, 4.69) is 13.8 Å². The Balaban J connectivity index is -0.0000000233. The van der Waals surface area contributed by atoms with E-state index in [0.717, 1.165) is 0 Å². The van der Waals surface area contributed by atoms with Gasteiger partial charge in [0.25, 0.3) is 0 Å². The Kier molecular flexibility index (Phi) is 75.0. The Morgan fingerprint density at radius 1 is 0.727 bits per heavy atom. The van der Waals surface area contributed by atoms with Crippen LogP contribution in [0.4, 0.5) is 0 Å². The van der Waals surface area contributed by atoms with Gasteiger partial charge in [-0.1, -0.05) is 58.4 Å². The van der Waals surface area contributed by atoms with E-state index in [-0.39, 0.29) is 71.9 Å². The molecule has 0 rings (SSSR count). The van der Waals surface area contributed by atoms with Crippen molar-refractivity contribution in [2.45, 2.75) is 97.5 Å². The molecule has 0 aliphatic rings. The number of aliphatic hydroxyl groups excluding tert-OH is 1. The molecule has 0 saturated carbocycles. The fourth-order valence-electron chi connectivity index (χ4n) is 0.504. The lowest BCUT2D eigenvalue weighted by Gasteiger charge is -2.12. The van der Waals surface area contributed by atoms with Gasteiger partial charge < -0.3 is 19.0 Å². The lowest BCUT2D eigenvalue weighted by atomic mass is 10.1. The summed E-state index contributed by atoms with van der Waals surface area (Å²) in [6, 6.07) is 0. The molecule has 0 aliphatic heterocycles. The summed E-state index contributed by atoms with van der Waals surface area (Å²) in [6.07, 6.45) is -0.181. The Hall–Kier alpha value is 0.700. The van der Waals surface area contributed by atoms with Gasteiger partial charge in [0.1, 0.15) is 0 Å². The second kappa shape index (κ2) is 33.3. The van der Waals surface area contributed by atoms with Crippen molar-refractivity contribution in [2.24, 2.45) is 5.92 Å². The van der Waals surface area contributed by atoms with Crippen LogP contribution in [-0.2, 0) is 9.05 Å². The monoisotopic (exact) mass is 368 g/mol. The molecule has 0 radical (unpaired) electrons. The third-order valence-corrected chi connectivity index (χ3v) is 3.25. The van der Waals surface area contributed by atoms with E-state index in [1.807, 2.05) is 20.5 Å². The lowest BCUT2D eigenvalue weighted by molar-refractivity contribution is 0.0715. The van der Waals surface area contributed by atoms with Crippen molar-refractivity contribution in [1.29, 1.82) is 0 Å². The zero-order valence-corrected chi connectivity index (χ0v) is 13.0. The molecule has 0 bridgehead atoms. The van der Waals surface area contributed by atoms with Crippen LogP contribution >= 0.6 is 17.8 Å². The van der Waals surface area contributed by atoms with Crippen molar-refractivity contribution in [3.8, 4) is 0 Å². The summed E-state index contributed by atoms with van der Waals surface area (Å²) in [7, 11) is 0.102. The first-order valence-corrected chi connectivity index (χ1v) is 7.68. The van der Waals surface area contributed by atoms with Gasteiger partial charge >= 0.3 is 0 Å². The van der Waals surface area contributed by atoms with Gasteiger partial charge in [-0.15, -0.1) is 0 Å².